The Balaban J connectivity index is 4.22. The van der Waals surface area contributed by atoms with Gasteiger partial charge in [-0.1, -0.05) is 6.92 Å². The summed E-state index contributed by atoms with van der Waals surface area (Å²) in [5.74, 6) is 0.0522. The summed E-state index contributed by atoms with van der Waals surface area (Å²) in [4.78, 5) is 0. The number of hydrogen-bond acceptors (Lipinski definition) is 3. The molecule has 0 radical (unpaired) electrons. The summed E-state index contributed by atoms with van der Waals surface area (Å²) in [6.07, 6.45) is 0.558. The van der Waals surface area contributed by atoms with Crippen LogP contribution >= 0.6 is 12.2 Å². The lowest BCUT2D eigenvalue weighted by atomic mass is 10.6. The summed E-state index contributed by atoms with van der Waals surface area (Å²) in [5.41, 5.74) is 0. The highest BCUT2D eigenvalue weighted by Crippen LogP contribution is 1.92. The normalized spacial score (nSPS) is 10.3. The van der Waals surface area contributed by atoms with Crippen LogP contribution in [-0.4, -0.2) is 19.3 Å². The molecule has 0 saturated heterocycles. The van der Waals surface area contributed by atoms with Crippen LogP contribution in [0.4, 0.5) is 0 Å². The first-order valence-corrected chi connectivity index (χ1v) is 4.46. The zero-order chi connectivity index (χ0) is 7.33. The van der Waals surface area contributed by atoms with Crippen molar-refractivity contribution >= 4 is 27.4 Å². The van der Waals surface area contributed by atoms with E-state index in [-0.39, 0.29) is 5.75 Å². The Morgan fingerprint density at radius 2 is 2.22 bits per heavy atom. The standard InChI is InChI=1S/C4H7NO2S2/c1-2-3-9(6,7)5-4-8/h2-3H2,1H3. The fourth-order valence-electron chi connectivity index (χ4n) is 0.360. The van der Waals surface area contributed by atoms with E-state index in [0.717, 1.165) is 0 Å². The maximum absolute atomic E-state index is 10.5. The molecule has 0 unspecified atom stereocenters. The minimum atomic E-state index is -3.27. The van der Waals surface area contributed by atoms with Gasteiger partial charge in [0, 0.05) is 0 Å². The third-order valence-corrected chi connectivity index (χ3v) is 2.14. The van der Waals surface area contributed by atoms with E-state index >= 15 is 0 Å². The maximum Gasteiger partial charge on any atom is 0.261 e. The van der Waals surface area contributed by atoms with Crippen molar-refractivity contribution < 1.29 is 8.42 Å². The number of hydrogen-bond donors (Lipinski definition) is 0. The van der Waals surface area contributed by atoms with Crippen LogP contribution in [0.15, 0.2) is 4.40 Å². The molecule has 0 aromatic carbocycles. The predicted octanol–water partition coefficient (Wildman–Crippen LogP) is 0.829. The molecule has 0 heterocycles. The van der Waals surface area contributed by atoms with Gasteiger partial charge < -0.3 is 0 Å². The number of isothiocyanates is 1. The quantitative estimate of drug-likeness (QED) is 0.459. The van der Waals surface area contributed by atoms with E-state index in [0.29, 0.717) is 6.42 Å². The molecular formula is C4H7NO2S2. The summed E-state index contributed by atoms with van der Waals surface area (Å²) in [6, 6.07) is 0. The molecule has 0 fully saturated rings. The highest BCUT2D eigenvalue weighted by Gasteiger charge is 2.02. The number of sulfonamides is 1. The van der Waals surface area contributed by atoms with E-state index in [1.807, 2.05) is 5.16 Å². The van der Waals surface area contributed by atoms with Crippen LogP contribution in [0.1, 0.15) is 13.3 Å². The Labute approximate surface area is 59.8 Å². The lowest BCUT2D eigenvalue weighted by Gasteiger charge is -1.87. The molecule has 0 saturated carbocycles. The average Bonchev–Trinajstić information content (AvgIpc) is 1.64. The molecule has 0 aliphatic rings. The monoisotopic (exact) mass is 165 g/mol. The van der Waals surface area contributed by atoms with Gasteiger partial charge in [0.05, 0.1) is 10.9 Å². The number of thiocarbonyl (C=S) groups is 1. The topological polar surface area (TPSA) is 46.5 Å². The first kappa shape index (κ1) is 8.75. The van der Waals surface area contributed by atoms with Gasteiger partial charge in [0.25, 0.3) is 10.0 Å². The molecule has 3 nitrogen and oxygen atoms in total. The van der Waals surface area contributed by atoms with Gasteiger partial charge in [-0.3, -0.25) is 0 Å². The molecule has 9 heavy (non-hydrogen) atoms. The highest BCUT2D eigenvalue weighted by molar-refractivity contribution is 7.90. The van der Waals surface area contributed by atoms with Crippen molar-refractivity contribution in [3.63, 3.8) is 0 Å². The van der Waals surface area contributed by atoms with Crippen molar-refractivity contribution in [3.05, 3.63) is 0 Å². The molecule has 0 aliphatic heterocycles. The Hall–Kier alpha value is -0.250. The van der Waals surface area contributed by atoms with Gasteiger partial charge in [-0.05, 0) is 18.6 Å². The Bertz CT molecular complexity index is 213. The summed E-state index contributed by atoms with van der Waals surface area (Å²) >= 11 is 4.12. The van der Waals surface area contributed by atoms with Gasteiger partial charge in [0.15, 0.2) is 0 Å². The van der Waals surface area contributed by atoms with Crippen LogP contribution in [0, 0.1) is 0 Å². The third-order valence-electron chi connectivity index (χ3n) is 0.638. The largest absolute Gasteiger partial charge is 0.261 e. The fraction of sp³-hybridized carbons (Fsp3) is 0.750. The molecule has 0 aromatic heterocycles. The second-order valence-corrected chi connectivity index (χ2v) is 3.41. The highest BCUT2D eigenvalue weighted by atomic mass is 32.2. The van der Waals surface area contributed by atoms with E-state index in [1.54, 1.807) is 6.92 Å². The SMILES string of the molecule is CCCS(=O)(=O)N=C=S. The zero-order valence-corrected chi connectivity index (χ0v) is 6.63. The Morgan fingerprint density at radius 1 is 1.67 bits per heavy atom. The maximum atomic E-state index is 10.5. The number of rotatable bonds is 3. The molecule has 0 bridgehead atoms. The van der Waals surface area contributed by atoms with Gasteiger partial charge in [-0.15, -0.1) is 4.40 Å². The van der Waals surface area contributed by atoms with E-state index in [4.69, 9.17) is 0 Å². The van der Waals surface area contributed by atoms with Gasteiger partial charge >= 0.3 is 0 Å². The summed E-state index contributed by atoms with van der Waals surface area (Å²) in [7, 11) is -3.27. The summed E-state index contributed by atoms with van der Waals surface area (Å²) in [5, 5.41) is 1.81. The van der Waals surface area contributed by atoms with Crippen molar-refractivity contribution in [2.24, 2.45) is 4.40 Å². The first-order valence-electron chi connectivity index (χ1n) is 2.44. The molecule has 0 aromatic rings. The fourth-order valence-corrected chi connectivity index (χ4v) is 1.42. The van der Waals surface area contributed by atoms with Crippen molar-refractivity contribution in [1.82, 2.24) is 0 Å². The van der Waals surface area contributed by atoms with Gasteiger partial charge in [0.1, 0.15) is 0 Å². The molecule has 0 atom stereocenters. The van der Waals surface area contributed by atoms with E-state index in [9.17, 15) is 8.42 Å². The summed E-state index contributed by atoms with van der Waals surface area (Å²) < 4.78 is 24.1. The van der Waals surface area contributed by atoms with Gasteiger partial charge in [-0.25, -0.2) is 8.42 Å². The molecule has 0 amide bonds. The average molecular weight is 165 g/mol. The third kappa shape index (κ3) is 4.27. The summed E-state index contributed by atoms with van der Waals surface area (Å²) in [6.45, 7) is 1.76. The lowest BCUT2D eigenvalue weighted by molar-refractivity contribution is 0.597. The van der Waals surface area contributed by atoms with E-state index < -0.39 is 10.0 Å². The van der Waals surface area contributed by atoms with Gasteiger partial charge in [0.2, 0.25) is 0 Å². The second kappa shape index (κ2) is 3.71. The molecule has 0 rings (SSSR count). The van der Waals surface area contributed by atoms with E-state index in [2.05, 4.69) is 16.6 Å². The lowest BCUT2D eigenvalue weighted by Crippen LogP contribution is -1.99. The molecule has 5 heteroatoms. The van der Waals surface area contributed by atoms with Crippen molar-refractivity contribution in [2.75, 3.05) is 5.75 Å². The molecule has 0 aliphatic carbocycles. The zero-order valence-electron chi connectivity index (χ0n) is 4.99. The molecule has 0 N–H and O–H groups in total. The van der Waals surface area contributed by atoms with Crippen LogP contribution in [-0.2, 0) is 10.0 Å². The van der Waals surface area contributed by atoms with E-state index in [1.165, 1.54) is 0 Å². The molecule has 0 spiro atoms. The van der Waals surface area contributed by atoms with Crippen LogP contribution in [0.2, 0.25) is 0 Å². The predicted molar refractivity (Wildman–Crippen MR) is 39.1 cm³/mol. The Morgan fingerprint density at radius 3 is 2.56 bits per heavy atom. The molecular weight excluding hydrogens is 158 g/mol. The second-order valence-electron chi connectivity index (χ2n) is 1.47. The molecule has 52 valence electrons. The van der Waals surface area contributed by atoms with Crippen molar-refractivity contribution in [1.29, 1.82) is 0 Å². The minimum Gasteiger partial charge on any atom is -0.204 e. The van der Waals surface area contributed by atoms with Crippen LogP contribution < -0.4 is 0 Å². The number of nitrogens with zero attached hydrogens (tertiary/aromatic N) is 1. The van der Waals surface area contributed by atoms with Crippen LogP contribution in [0.3, 0.4) is 0 Å². The van der Waals surface area contributed by atoms with Crippen LogP contribution in [0.5, 0.6) is 0 Å². The minimum absolute atomic E-state index is 0.0522. The van der Waals surface area contributed by atoms with Crippen molar-refractivity contribution in [3.8, 4) is 0 Å². The smallest absolute Gasteiger partial charge is 0.204 e. The first-order chi connectivity index (χ1) is 4.12. The Kier molecular flexibility index (Phi) is 3.61. The van der Waals surface area contributed by atoms with Crippen molar-refractivity contribution in [2.45, 2.75) is 13.3 Å². The van der Waals surface area contributed by atoms with Crippen LogP contribution in [0.25, 0.3) is 0 Å². The van der Waals surface area contributed by atoms with Gasteiger partial charge in [-0.2, -0.15) is 0 Å².